The second-order valence-corrected chi connectivity index (χ2v) is 8.86. The van der Waals surface area contributed by atoms with E-state index in [9.17, 15) is 23.1 Å². The predicted molar refractivity (Wildman–Crippen MR) is 128 cm³/mol. The number of alkyl halides is 3. The molecule has 0 unspecified atom stereocenters. The molecule has 1 amide bonds. The number of rotatable bonds is 7. The number of aliphatic hydroxyl groups is 1. The number of benzene rings is 3. The van der Waals surface area contributed by atoms with Gasteiger partial charge in [-0.3, -0.25) is 4.79 Å². The zero-order chi connectivity index (χ0) is 25.2. The van der Waals surface area contributed by atoms with Crippen molar-refractivity contribution in [2.24, 2.45) is 0 Å². The fraction of sp³-hybridized carbons (Fsp3) is 0.321. The number of hydrogen-bond acceptors (Lipinski definition) is 3. The van der Waals surface area contributed by atoms with Crippen LogP contribution in [0.3, 0.4) is 0 Å². The van der Waals surface area contributed by atoms with Gasteiger partial charge in [0.1, 0.15) is 5.75 Å². The maximum absolute atomic E-state index is 13.7. The predicted octanol–water partition coefficient (Wildman–Crippen LogP) is 5.43. The molecule has 184 valence electrons. The van der Waals surface area contributed by atoms with Gasteiger partial charge in [-0.05, 0) is 71.3 Å². The van der Waals surface area contributed by atoms with Crippen molar-refractivity contribution in [2.45, 2.75) is 44.9 Å². The highest BCUT2D eigenvalue weighted by molar-refractivity contribution is 5.77. The molecule has 0 aromatic heterocycles. The van der Waals surface area contributed by atoms with E-state index in [4.69, 9.17) is 4.74 Å². The Morgan fingerprint density at radius 2 is 1.71 bits per heavy atom. The third-order valence-corrected chi connectivity index (χ3v) is 6.60. The number of aliphatic hydroxyl groups excluding tert-OH is 1. The van der Waals surface area contributed by atoms with Gasteiger partial charge in [-0.15, -0.1) is 0 Å². The Bertz CT molecular complexity index is 1200. The fourth-order valence-corrected chi connectivity index (χ4v) is 4.85. The van der Waals surface area contributed by atoms with Crippen molar-refractivity contribution >= 4 is 5.91 Å². The number of nitrogens with zero attached hydrogens (tertiary/aromatic N) is 1. The minimum absolute atomic E-state index is 0.0423. The molecule has 0 radical (unpaired) electrons. The van der Waals surface area contributed by atoms with Crippen LogP contribution in [-0.4, -0.2) is 35.7 Å². The molecule has 1 aliphatic rings. The van der Waals surface area contributed by atoms with E-state index in [1.54, 1.807) is 11.0 Å². The quantitative estimate of drug-likeness (QED) is 0.488. The average molecular weight is 484 g/mol. The molecule has 7 heteroatoms. The van der Waals surface area contributed by atoms with Crippen molar-refractivity contribution in [3.05, 3.63) is 88.5 Å². The molecular weight excluding hydrogens is 455 g/mol. The first kappa shape index (κ1) is 24.8. The maximum atomic E-state index is 13.7. The van der Waals surface area contributed by atoms with Gasteiger partial charge < -0.3 is 14.7 Å². The lowest BCUT2D eigenvalue weighted by atomic mass is 9.94. The van der Waals surface area contributed by atoms with Crippen LogP contribution in [-0.2, 0) is 36.8 Å². The minimum atomic E-state index is -4.51. The second kappa shape index (κ2) is 10.1. The van der Waals surface area contributed by atoms with Crippen LogP contribution in [0.4, 0.5) is 13.2 Å². The number of ether oxygens (including phenoxy) is 1. The summed E-state index contributed by atoms with van der Waals surface area (Å²) in [6.07, 6.45) is -2.77. The van der Waals surface area contributed by atoms with Gasteiger partial charge in [-0.25, -0.2) is 0 Å². The Kier molecular flexibility index (Phi) is 7.17. The molecule has 0 saturated carbocycles. The fourth-order valence-electron chi connectivity index (χ4n) is 4.85. The van der Waals surface area contributed by atoms with Gasteiger partial charge in [0, 0.05) is 31.7 Å². The first-order valence-electron chi connectivity index (χ1n) is 11.5. The Morgan fingerprint density at radius 3 is 2.29 bits per heavy atom. The van der Waals surface area contributed by atoms with Gasteiger partial charge in [0.25, 0.3) is 0 Å². The average Bonchev–Trinajstić information content (AvgIpc) is 3.25. The molecule has 0 saturated heterocycles. The van der Waals surface area contributed by atoms with Crippen molar-refractivity contribution in [3.63, 3.8) is 0 Å². The van der Waals surface area contributed by atoms with Gasteiger partial charge in [0.2, 0.25) is 5.91 Å². The van der Waals surface area contributed by atoms with Crippen molar-refractivity contribution in [2.75, 3.05) is 13.7 Å². The highest BCUT2D eigenvalue weighted by Gasteiger charge is 2.33. The second-order valence-electron chi connectivity index (χ2n) is 8.86. The normalized spacial score (nSPS) is 13.5. The minimum Gasteiger partial charge on any atom is -0.496 e. The molecule has 35 heavy (non-hydrogen) atoms. The van der Waals surface area contributed by atoms with E-state index in [1.165, 1.54) is 20.1 Å². The van der Waals surface area contributed by atoms with Gasteiger partial charge in [0.05, 0.1) is 12.7 Å². The van der Waals surface area contributed by atoms with Crippen molar-refractivity contribution in [1.82, 2.24) is 4.90 Å². The smallest absolute Gasteiger partial charge is 0.416 e. The number of methoxy groups -OCH3 is 1. The summed E-state index contributed by atoms with van der Waals surface area (Å²) in [7, 11) is 1.51. The SMILES string of the molecule is COc1ccc(CCO)cc1-c1ccc(C(F)(F)F)cc1CN(C(C)=O)C1Cc2ccccc2C1. The molecule has 3 aromatic carbocycles. The Labute approximate surface area is 203 Å². The molecule has 0 aliphatic heterocycles. The molecule has 0 spiro atoms. The Balaban J connectivity index is 1.78. The van der Waals surface area contributed by atoms with E-state index in [-0.39, 0.29) is 25.1 Å². The number of amides is 1. The summed E-state index contributed by atoms with van der Waals surface area (Å²) in [5.41, 5.74) is 3.98. The number of halogens is 3. The first-order chi connectivity index (χ1) is 16.7. The molecule has 0 heterocycles. The van der Waals surface area contributed by atoms with Gasteiger partial charge >= 0.3 is 6.18 Å². The summed E-state index contributed by atoms with van der Waals surface area (Å²) in [6.45, 7) is 1.45. The van der Waals surface area contributed by atoms with Crippen LogP contribution in [0.15, 0.2) is 60.7 Å². The molecule has 3 aromatic rings. The van der Waals surface area contributed by atoms with Crippen LogP contribution in [0.25, 0.3) is 11.1 Å². The summed E-state index contributed by atoms with van der Waals surface area (Å²) in [5.74, 6) is 0.322. The van der Waals surface area contributed by atoms with Crippen molar-refractivity contribution in [1.29, 1.82) is 0 Å². The monoisotopic (exact) mass is 483 g/mol. The molecule has 0 atom stereocenters. The standard InChI is InChI=1S/C28H28F3NO3/c1-18(34)32(24-15-20-5-3-4-6-21(20)16-24)17-22-14-23(28(29,30)31)8-9-25(22)26-13-19(11-12-33)7-10-27(26)35-2/h3-10,13-14,24,33H,11-12,15-17H2,1-2H3. The summed E-state index contributed by atoms with van der Waals surface area (Å²) >= 11 is 0. The molecule has 1 aliphatic carbocycles. The van der Waals surface area contributed by atoms with Crippen LogP contribution in [0, 0.1) is 0 Å². The van der Waals surface area contributed by atoms with Crippen LogP contribution in [0.1, 0.15) is 34.7 Å². The van der Waals surface area contributed by atoms with Gasteiger partial charge in [-0.2, -0.15) is 13.2 Å². The van der Waals surface area contributed by atoms with E-state index in [0.29, 0.717) is 41.7 Å². The highest BCUT2D eigenvalue weighted by Crippen LogP contribution is 2.38. The molecule has 4 rings (SSSR count). The van der Waals surface area contributed by atoms with Crippen molar-refractivity contribution < 1.29 is 27.8 Å². The van der Waals surface area contributed by atoms with E-state index in [1.807, 2.05) is 36.4 Å². The molecule has 4 nitrogen and oxygen atoms in total. The maximum Gasteiger partial charge on any atom is 0.416 e. The van der Waals surface area contributed by atoms with Gasteiger partial charge in [0.15, 0.2) is 0 Å². The number of fused-ring (bicyclic) bond motifs is 1. The summed E-state index contributed by atoms with van der Waals surface area (Å²) in [6, 6.07) is 16.9. The zero-order valence-electron chi connectivity index (χ0n) is 19.7. The number of carbonyl (C=O) groups is 1. The summed E-state index contributed by atoms with van der Waals surface area (Å²) in [5, 5.41) is 9.36. The molecular formula is C28H28F3NO3. The van der Waals surface area contributed by atoms with Crippen molar-refractivity contribution in [3.8, 4) is 16.9 Å². The van der Waals surface area contributed by atoms with Gasteiger partial charge in [-0.1, -0.05) is 36.4 Å². The third-order valence-electron chi connectivity index (χ3n) is 6.60. The van der Waals surface area contributed by atoms with E-state index < -0.39 is 11.7 Å². The Hall–Kier alpha value is -3.32. The van der Waals surface area contributed by atoms with Crippen LogP contribution >= 0.6 is 0 Å². The van der Waals surface area contributed by atoms with Crippen LogP contribution in [0.2, 0.25) is 0 Å². The molecule has 1 N–H and O–H groups in total. The Morgan fingerprint density at radius 1 is 1.03 bits per heavy atom. The van der Waals surface area contributed by atoms with E-state index in [0.717, 1.165) is 28.8 Å². The lowest BCUT2D eigenvalue weighted by Crippen LogP contribution is -2.39. The summed E-state index contributed by atoms with van der Waals surface area (Å²) < 4.78 is 46.5. The van der Waals surface area contributed by atoms with Crippen LogP contribution < -0.4 is 4.74 Å². The largest absolute Gasteiger partial charge is 0.496 e. The zero-order valence-corrected chi connectivity index (χ0v) is 19.7. The third kappa shape index (κ3) is 5.35. The molecule has 0 fully saturated rings. The number of carbonyl (C=O) groups excluding carboxylic acids is 1. The molecule has 0 bridgehead atoms. The highest BCUT2D eigenvalue weighted by atomic mass is 19.4. The number of hydrogen-bond donors (Lipinski definition) is 1. The lowest BCUT2D eigenvalue weighted by Gasteiger charge is -2.29. The van der Waals surface area contributed by atoms with E-state index in [2.05, 4.69) is 0 Å². The topological polar surface area (TPSA) is 49.8 Å². The first-order valence-corrected chi connectivity index (χ1v) is 11.5. The summed E-state index contributed by atoms with van der Waals surface area (Å²) in [4.78, 5) is 14.4. The van der Waals surface area contributed by atoms with E-state index >= 15 is 0 Å². The van der Waals surface area contributed by atoms with Crippen LogP contribution in [0.5, 0.6) is 5.75 Å². The lowest BCUT2D eigenvalue weighted by molar-refractivity contribution is -0.137.